The Hall–Kier alpha value is -1.74. The second kappa shape index (κ2) is 11.4. The zero-order chi connectivity index (χ0) is 19.9. The first kappa shape index (κ1) is 23.5. The maximum atomic E-state index is 6.29. The van der Waals surface area contributed by atoms with Gasteiger partial charge < -0.3 is 20.3 Å². The molecule has 2 N–H and O–H groups in total. The van der Waals surface area contributed by atoms with Crippen LogP contribution in [0.5, 0.6) is 5.75 Å². The van der Waals surface area contributed by atoms with Crippen LogP contribution in [-0.4, -0.2) is 43.7 Å². The SMILES string of the molecule is CCNC(=NCc1ccc(OC)c(C)c1)NC1CCN(c2ncccc2Cl)C1.I. The van der Waals surface area contributed by atoms with E-state index >= 15 is 0 Å². The number of rotatable bonds is 6. The Morgan fingerprint density at radius 1 is 1.38 bits per heavy atom. The monoisotopic (exact) mass is 529 g/mol. The summed E-state index contributed by atoms with van der Waals surface area (Å²) in [6.45, 7) is 7.32. The fourth-order valence-electron chi connectivity index (χ4n) is 3.40. The minimum Gasteiger partial charge on any atom is -0.496 e. The molecule has 0 radical (unpaired) electrons. The van der Waals surface area contributed by atoms with Crippen LogP contribution < -0.4 is 20.3 Å². The second-order valence-electron chi connectivity index (χ2n) is 6.88. The lowest BCUT2D eigenvalue weighted by atomic mass is 10.1. The minimum absolute atomic E-state index is 0. The molecule has 29 heavy (non-hydrogen) atoms. The van der Waals surface area contributed by atoms with Crippen LogP contribution in [0.15, 0.2) is 41.5 Å². The number of ether oxygens (including phenoxy) is 1. The molecule has 1 atom stereocenters. The van der Waals surface area contributed by atoms with Crippen LogP contribution >= 0.6 is 35.6 Å². The molecule has 1 aromatic heterocycles. The van der Waals surface area contributed by atoms with Gasteiger partial charge in [-0.3, -0.25) is 0 Å². The Morgan fingerprint density at radius 2 is 2.21 bits per heavy atom. The minimum atomic E-state index is 0. The summed E-state index contributed by atoms with van der Waals surface area (Å²) >= 11 is 6.29. The van der Waals surface area contributed by atoms with Crippen molar-refractivity contribution in [2.24, 2.45) is 4.99 Å². The zero-order valence-corrected chi connectivity index (χ0v) is 20.2. The van der Waals surface area contributed by atoms with Gasteiger partial charge in [0.1, 0.15) is 11.6 Å². The van der Waals surface area contributed by atoms with Gasteiger partial charge in [0.25, 0.3) is 0 Å². The zero-order valence-electron chi connectivity index (χ0n) is 17.1. The van der Waals surface area contributed by atoms with Crippen LogP contribution in [0.2, 0.25) is 5.02 Å². The second-order valence-corrected chi connectivity index (χ2v) is 7.29. The van der Waals surface area contributed by atoms with Crippen molar-refractivity contribution in [3.63, 3.8) is 0 Å². The highest BCUT2D eigenvalue weighted by atomic mass is 127. The summed E-state index contributed by atoms with van der Waals surface area (Å²) in [5.74, 6) is 2.58. The Morgan fingerprint density at radius 3 is 2.90 bits per heavy atom. The van der Waals surface area contributed by atoms with Crippen molar-refractivity contribution in [3.8, 4) is 5.75 Å². The summed E-state index contributed by atoms with van der Waals surface area (Å²) in [5, 5.41) is 7.58. The van der Waals surface area contributed by atoms with Gasteiger partial charge in [-0.25, -0.2) is 9.98 Å². The quantitative estimate of drug-likeness (QED) is 0.336. The number of aromatic nitrogens is 1. The van der Waals surface area contributed by atoms with Crippen LogP contribution in [-0.2, 0) is 6.54 Å². The molecule has 0 aliphatic carbocycles. The summed E-state index contributed by atoms with van der Waals surface area (Å²) < 4.78 is 5.33. The molecule has 2 aromatic rings. The lowest BCUT2D eigenvalue weighted by molar-refractivity contribution is 0.411. The molecule has 8 heteroatoms. The molecule has 158 valence electrons. The molecule has 6 nitrogen and oxygen atoms in total. The molecule has 3 rings (SSSR count). The number of nitrogens with one attached hydrogen (secondary N) is 2. The first-order chi connectivity index (χ1) is 13.6. The number of anilines is 1. The first-order valence-corrected chi connectivity index (χ1v) is 10.0. The number of benzene rings is 1. The smallest absolute Gasteiger partial charge is 0.191 e. The van der Waals surface area contributed by atoms with Crippen molar-refractivity contribution in [2.45, 2.75) is 32.9 Å². The average molecular weight is 530 g/mol. The number of pyridine rings is 1. The number of aliphatic imine (C=N–C) groups is 1. The molecule has 0 spiro atoms. The third kappa shape index (κ3) is 6.37. The van der Waals surface area contributed by atoms with Gasteiger partial charge in [-0.15, -0.1) is 24.0 Å². The highest BCUT2D eigenvalue weighted by Crippen LogP contribution is 2.25. The van der Waals surface area contributed by atoms with Gasteiger partial charge >= 0.3 is 0 Å². The topological polar surface area (TPSA) is 61.8 Å². The Bertz CT molecular complexity index is 832. The third-order valence-corrected chi connectivity index (χ3v) is 5.09. The van der Waals surface area contributed by atoms with Crippen molar-refractivity contribution in [1.29, 1.82) is 0 Å². The lowest BCUT2D eigenvalue weighted by Crippen LogP contribution is -2.44. The molecule has 1 aliphatic rings. The highest BCUT2D eigenvalue weighted by molar-refractivity contribution is 14.0. The van der Waals surface area contributed by atoms with Crippen LogP contribution in [0.25, 0.3) is 0 Å². The number of halogens is 2. The average Bonchev–Trinajstić information content (AvgIpc) is 3.15. The number of hydrogen-bond acceptors (Lipinski definition) is 4. The van der Waals surface area contributed by atoms with Crippen molar-refractivity contribution in [1.82, 2.24) is 15.6 Å². The van der Waals surface area contributed by atoms with E-state index in [-0.39, 0.29) is 24.0 Å². The van der Waals surface area contributed by atoms with E-state index in [1.54, 1.807) is 13.3 Å². The summed E-state index contributed by atoms with van der Waals surface area (Å²) in [4.78, 5) is 11.4. The lowest BCUT2D eigenvalue weighted by Gasteiger charge is -2.20. The van der Waals surface area contributed by atoms with Gasteiger partial charge in [-0.05, 0) is 49.6 Å². The van der Waals surface area contributed by atoms with Gasteiger partial charge in [0.15, 0.2) is 5.96 Å². The fraction of sp³-hybridized carbons (Fsp3) is 0.429. The molecule has 1 aromatic carbocycles. The van der Waals surface area contributed by atoms with E-state index < -0.39 is 0 Å². The molecule has 2 heterocycles. The maximum Gasteiger partial charge on any atom is 0.191 e. The summed E-state index contributed by atoms with van der Waals surface area (Å²) in [7, 11) is 1.69. The molecule has 0 bridgehead atoms. The molecular formula is C21H29ClIN5O. The number of methoxy groups -OCH3 is 1. The van der Waals surface area contributed by atoms with E-state index in [0.717, 1.165) is 54.7 Å². The Kier molecular flexibility index (Phi) is 9.29. The molecule has 1 unspecified atom stereocenters. The standard InChI is InChI=1S/C21H28ClN5O.HI/c1-4-23-21(25-13-16-7-8-19(28-3)15(2)12-16)26-17-9-11-27(14-17)20-18(22)6-5-10-24-20;/h5-8,10,12,17H,4,9,11,13-14H2,1-3H3,(H2,23,25,26);1H. The van der Waals surface area contributed by atoms with Crippen molar-refractivity contribution < 1.29 is 4.74 Å². The van der Waals surface area contributed by atoms with Gasteiger partial charge in [-0.2, -0.15) is 0 Å². The van der Waals surface area contributed by atoms with Crippen molar-refractivity contribution >= 4 is 47.4 Å². The van der Waals surface area contributed by atoms with Gasteiger partial charge in [0.05, 0.1) is 18.7 Å². The van der Waals surface area contributed by atoms with Gasteiger partial charge in [0.2, 0.25) is 0 Å². The number of nitrogens with zero attached hydrogens (tertiary/aromatic N) is 3. The first-order valence-electron chi connectivity index (χ1n) is 9.64. The number of guanidine groups is 1. The van der Waals surface area contributed by atoms with Crippen LogP contribution in [0.3, 0.4) is 0 Å². The third-order valence-electron chi connectivity index (χ3n) is 4.79. The predicted octanol–water partition coefficient (Wildman–Crippen LogP) is 4.00. The van der Waals surface area contributed by atoms with Gasteiger partial charge in [-0.1, -0.05) is 23.7 Å². The van der Waals surface area contributed by atoms with Crippen molar-refractivity contribution in [2.75, 3.05) is 31.6 Å². The van der Waals surface area contributed by atoms with Crippen molar-refractivity contribution in [3.05, 3.63) is 52.7 Å². The predicted molar refractivity (Wildman–Crippen MR) is 131 cm³/mol. The largest absolute Gasteiger partial charge is 0.496 e. The number of hydrogen-bond donors (Lipinski definition) is 2. The van der Waals surface area contributed by atoms with E-state index in [1.807, 2.05) is 25.1 Å². The van der Waals surface area contributed by atoms with Gasteiger partial charge in [0, 0.05) is 31.9 Å². The fourth-order valence-corrected chi connectivity index (χ4v) is 3.64. The summed E-state index contributed by atoms with van der Waals surface area (Å²) in [6, 6.07) is 10.2. The Balaban J connectivity index is 0.00000300. The molecule has 1 fully saturated rings. The molecule has 0 saturated carbocycles. The molecule has 0 amide bonds. The summed E-state index contributed by atoms with van der Waals surface area (Å²) in [5.41, 5.74) is 2.27. The highest BCUT2D eigenvalue weighted by Gasteiger charge is 2.25. The maximum absolute atomic E-state index is 6.29. The van der Waals surface area contributed by atoms with Crippen LogP contribution in [0, 0.1) is 6.92 Å². The van der Waals surface area contributed by atoms with Crippen LogP contribution in [0.1, 0.15) is 24.5 Å². The molecule has 1 aliphatic heterocycles. The number of aryl methyl sites for hydroxylation is 1. The van der Waals surface area contributed by atoms with Crippen LogP contribution in [0.4, 0.5) is 5.82 Å². The van der Waals surface area contributed by atoms with E-state index in [4.69, 9.17) is 21.3 Å². The molecular weight excluding hydrogens is 501 g/mol. The Labute approximate surface area is 195 Å². The van der Waals surface area contributed by atoms with E-state index in [2.05, 4.69) is 39.6 Å². The van der Waals surface area contributed by atoms with E-state index in [1.165, 1.54) is 0 Å². The van der Waals surface area contributed by atoms with E-state index in [0.29, 0.717) is 17.6 Å². The molecule has 1 saturated heterocycles. The summed E-state index contributed by atoms with van der Waals surface area (Å²) in [6.07, 6.45) is 2.79. The van der Waals surface area contributed by atoms with E-state index in [9.17, 15) is 0 Å². The normalized spacial score (nSPS) is 16.3.